The van der Waals surface area contributed by atoms with E-state index in [1.54, 1.807) is 24.3 Å². The maximum Gasteiger partial charge on any atom is 0.343 e. The summed E-state index contributed by atoms with van der Waals surface area (Å²) in [5.74, 6) is 0.0697. The Morgan fingerprint density at radius 2 is 1.86 bits per heavy atom. The van der Waals surface area contributed by atoms with Gasteiger partial charge in [-0.05, 0) is 49.1 Å². The van der Waals surface area contributed by atoms with Crippen LogP contribution in [0.15, 0.2) is 42.5 Å². The number of ether oxygens (including phenoxy) is 1. The molecule has 0 aliphatic rings. The van der Waals surface area contributed by atoms with E-state index in [0.717, 1.165) is 17.5 Å². The van der Waals surface area contributed by atoms with Crippen molar-refractivity contribution in [2.24, 2.45) is 0 Å². The van der Waals surface area contributed by atoms with Gasteiger partial charge in [0.05, 0.1) is 5.56 Å². The second-order valence-electron chi connectivity index (χ2n) is 5.29. The van der Waals surface area contributed by atoms with Crippen molar-refractivity contribution in [2.75, 3.05) is 0 Å². The number of hydrogen-bond donors (Lipinski definition) is 1. The molecule has 21 heavy (non-hydrogen) atoms. The van der Waals surface area contributed by atoms with Crippen molar-refractivity contribution < 1.29 is 14.6 Å². The summed E-state index contributed by atoms with van der Waals surface area (Å²) in [6.07, 6.45) is 0.988. The largest absolute Gasteiger partial charge is 0.504 e. The third-order valence-corrected chi connectivity index (χ3v) is 3.65. The Morgan fingerprint density at radius 1 is 1.19 bits per heavy atom. The lowest BCUT2D eigenvalue weighted by molar-refractivity contribution is 0.0729. The van der Waals surface area contributed by atoms with Crippen LogP contribution in [0.2, 0.25) is 0 Å². The molecule has 0 fully saturated rings. The third kappa shape index (κ3) is 3.63. The van der Waals surface area contributed by atoms with Gasteiger partial charge in [-0.1, -0.05) is 37.6 Å². The fraction of sp³-hybridized carbons (Fsp3) is 0.278. The maximum atomic E-state index is 12.0. The Morgan fingerprint density at radius 3 is 2.43 bits per heavy atom. The van der Waals surface area contributed by atoms with Gasteiger partial charge < -0.3 is 9.84 Å². The molecular weight excluding hydrogens is 264 g/mol. The number of esters is 1. The first-order chi connectivity index (χ1) is 10.0. The molecule has 0 aromatic heterocycles. The molecule has 2 rings (SSSR count). The van der Waals surface area contributed by atoms with E-state index in [-0.39, 0.29) is 11.5 Å². The second-order valence-corrected chi connectivity index (χ2v) is 5.29. The lowest BCUT2D eigenvalue weighted by Gasteiger charge is -2.12. The van der Waals surface area contributed by atoms with E-state index in [1.165, 1.54) is 0 Å². The summed E-state index contributed by atoms with van der Waals surface area (Å²) in [5.41, 5.74) is 2.57. The Hall–Kier alpha value is -2.29. The molecule has 1 atom stereocenters. The molecule has 0 aliphatic heterocycles. The number of aryl methyl sites for hydroxylation is 1. The average Bonchev–Trinajstić information content (AvgIpc) is 2.49. The van der Waals surface area contributed by atoms with Crippen LogP contribution in [-0.4, -0.2) is 11.1 Å². The normalized spacial score (nSPS) is 12.0. The summed E-state index contributed by atoms with van der Waals surface area (Å²) in [6, 6.07) is 12.3. The number of benzene rings is 2. The van der Waals surface area contributed by atoms with Crippen molar-refractivity contribution in [3.05, 3.63) is 59.2 Å². The lowest BCUT2D eigenvalue weighted by atomic mass is 9.98. The van der Waals surface area contributed by atoms with Gasteiger partial charge in [0.15, 0.2) is 11.5 Å². The van der Waals surface area contributed by atoms with E-state index in [2.05, 4.69) is 13.8 Å². The van der Waals surface area contributed by atoms with Crippen LogP contribution >= 0.6 is 0 Å². The topological polar surface area (TPSA) is 46.5 Å². The van der Waals surface area contributed by atoms with Gasteiger partial charge in [-0.25, -0.2) is 4.79 Å². The molecule has 1 N–H and O–H groups in total. The van der Waals surface area contributed by atoms with Crippen LogP contribution in [0.25, 0.3) is 0 Å². The number of hydrogen-bond acceptors (Lipinski definition) is 3. The first-order valence-corrected chi connectivity index (χ1v) is 7.13. The summed E-state index contributed by atoms with van der Waals surface area (Å²) in [5, 5.41) is 10.00. The van der Waals surface area contributed by atoms with Gasteiger partial charge in [0.1, 0.15) is 0 Å². The Balaban J connectivity index is 2.16. The van der Waals surface area contributed by atoms with Gasteiger partial charge >= 0.3 is 5.97 Å². The van der Waals surface area contributed by atoms with Crippen molar-refractivity contribution in [2.45, 2.75) is 33.1 Å². The van der Waals surface area contributed by atoms with E-state index in [1.807, 2.05) is 25.1 Å². The smallest absolute Gasteiger partial charge is 0.343 e. The van der Waals surface area contributed by atoms with Crippen LogP contribution in [0.3, 0.4) is 0 Å². The molecule has 2 aromatic carbocycles. The molecule has 0 saturated heterocycles. The van der Waals surface area contributed by atoms with Gasteiger partial charge in [-0.3, -0.25) is 0 Å². The van der Waals surface area contributed by atoms with E-state index in [4.69, 9.17) is 4.74 Å². The van der Waals surface area contributed by atoms with Crippen molar-refractivity contribution in [3.63, 3.8) is 0 Å². The third-order valence-electron chi connectivity index (χ3n) is 3.65. The summed E-state index contributed by atoms with van der Waals surface area (Å²) >= 11 is 0. The van der Waals surface area contributed by atoms with E-state index in [0.29, 0.717) is 11.5 Å². The molecule has 2 aromatic rings. The molecule has 0 radical (unpaired) electrons. The first kappa shape index (κ1) is 15.1. The predicted octanol–water partition coefficient (Wildman–Crippen LogP) is 4.43. The molecule has 110 valence electrons. The van der Waals surface area contributed by atoms with Crippen molar-refractivity contribution in [1.82, 2.24) is 0 Å². The Bertz CT molecular complexity index is 629. The average molecular weight is 284 g/mol. The van der Waals surface area contributed by atoms with Gasteiger partial charge in [-0.15, -0.1) is 0 Å². The number of aromatic hydroxyl groups is 1. The maximum absolute atomic E-state index is 12.0. The van der Waals surface area contributed by atoms with Gasteiger partial charge in [0, 0.05) is 0 Å². The van der Waals surface area contributed by atoms with Crippen LogP contribution in [0.4, 0.5) is 0 Å². The summed E-state index contributed by atoms with van der Waals surface area (Å²) in [4.78, 5) is 12.0. The molecule has 0 spiro atoms. The number of rotatable bonds is 4. The molecule has 0 amide bonds. The zero-order valence-corrected chi connectivity index (χ0v) is 12.6. The number of phenolic OH excluding ortho intramolecular Hbond substituents is 1. The van der Waals surface area contributed by atoms with Crippen molar-refractivity contribution >= 4 is 5.97 Å². The lowest BCUT2D eigenvalue weighted by Crippen LogP contribution is -2.08. The highest BCUT2D eigenvalue weighted by Crippen LogP contribution is 2.31. The molecular formula is C18H20O3. The monoisotopic (exact) mass is 284 g/mol. The van der Waals surface area contributed by atoms with Gasteiger partial charge in [0.25, 0.3) is 0 Å². The quantitative estimate of drug-likeness (QED) is 0.667. The van der Waals surface area contributed by atoms with E-state index in [9.17, 15) is 9.90 Å². The van der Waals surface area contributed by atoms with Gasteiger partial charge in [0.2, 0.25) is 0 Å². The van der Waals surface area contributed by atoms with Crippen LogP contribution < -0.4 is 4.74 Å². The molecule has 0 heterocycles. The first-order valence-electron chi connectivity index (χ1n) is 7.13. The number of phenols is 1. The molecule has 3 heteroatoms. The summed E-state index contributed by atoms with van der Waals surface area (Å²) < 4.78 is 5.25. The van der Waals surface area contributed by atoms with E-state index < -0.39 is 5.97 Å². The highest BCUT2D eigenvalue weighted by atomic mass is 16.5. The zero-order valence-electron chi connectivity index (χ0n) is 12.6. The second kappa shape index (κ2) is 6.44. The van der Waals surface area contributed by atoms with E-state index >= 15 is 0 Å². The predicted molar refractivity (Wildman–Crippen MR) is 83.0 cm³/mol. The zero-order chi connectivity index (χ0) is 15.4. The van der Waals surface area contributed by atoms with Crippen molar-refractivity contribution in [3.8, 4) is 11.5 Å². The van der Waals surface area contributed by atoms with Gasteiger partial charge in [-0.2, -0.15) is 0 Å². The minimum absolute atomic E-state index is 0.00624. The SMILES string of the molecule is CCC(C)c1ccc(OC(=O)c2ccc(C)cc2)c(O)c1. The molecule has 3 nitrogen and oxygen atoms in total. The minimum atomic E-state index is -0.471. The Labute approximate surface area is 125 Å². The Kier molecular flexibility index (Phi) is 4.63. The number of carbonyl (C=O) groups excluding carboxylic acids is 1. The fourth-order valence-corrected chi connectivity index (χ4v) is 2.01. The molecule has 0 bridgehead atoms. The standard InChI is InChI=1S/C18H20O3/c1-4-13(3)15-9-10-17(16(19)11-15)21-18(20)14-7-5-12(2)6-8-14/h5-11,13,19H,4H2,1-3H3. The number of carbonyl (C=O) groups is 1. The van der Waals surface area contributed by atoms with Crippen LogP contribution in [-0.2, 0) is 0 Å². The highest BCUT2D eigenvalue weighted by Gasteiger charge is 2.13. The van der Waals surface area contributed by atoms with Crippen LogP contribution in [0, 0.1) is 6.92 Å². The molecule has 1 unspecified atom stereocenters. The van der Waals surface area contributed by atoms with Crippen LogP contribution in [0.5, 0.6) is 11.5 Å². The summed E-state index contributed by atoms with van der Waals surface area (Å²) in [7, 11) is 0. The molecule has 0 aliphatic carbocycles. The minimum Gasteiger partial charge on any atom is -0.504 e. The highest BCUT2D eigenvalue weighted by molar-refractivity contribution is 5.91. The van der Waals surface area contributed by atoms with Crippen LogP contribution in [0.1, 0.15) is 47.7 Å². The fourth-order valence-electron chi connectivity index (χ4n) is 2.01. The summed E-state index contributed by atoms with van der Waals surface area (Å²) in [6.45, 7) is 6.13. The van der Waals surface area contributed by atoms with Crippen molar-refractivity contribution in [1.29, 1.82) is 0 Å². The molecule has 0 saturated carbocycles.